The first-order chi connectivity index (χ1) is 13.1. The van der Waals surface area contributed by atoms with Gasteiger partial charge in [0.1, 0.15) is 0 Å². The van der Waals surface area contributed by atoms with Crippen molar-refractivity contribution < 1.29 is 9.59 Å². The van der Waals surface area contributed by atoms with Crippen LogP contribution in [0.4, 0.5) is 0 Å². The van der Waals surface area contributed by atoms with Crippen molar-refractivity contribution in [3.8, 4) is 0 Å². The highest BCUT2D eigenvalue weighted by molar-refractivity contribution is 5.90. The number of hydrogen-bond donors (Lipinski definition) is 1. The van der Waals surface area contributed by atoms with Gasteiger partial charge in [-0.05, 0) is 17.2 Å². The highest BCUT2D eigenvalue weighted by atomic mass is 16.2. The molecule has 2 N–H and O–H groups in total. The zero-order valence-corrected chi connectivity index (χ0v) is 15.4. The van der Waals surface area contributed by atoms with E-state index >= 15 is 0 Å². The Morgan fingerprint density at radius 2 is 1.85 bits per heavy atom. The largest absolute Gasteiger partial charge is 0.340 e. The van der Waals surface area contributed by atoms with E-state index in [4.69, 9.17) is 5.73 Å². The molecule has 2 aromatic rings. The Balaban J connectivity index is 1.56. The Bertz CT molecular complexity index is 827. The smallest absolute Gasteiger partial charge is 0.228 e. The standard InChI is InChI=1S/C21H24N4O2/c1-24-19(26)10-16(20(24)15-8-5-9-23-11-15)21(27)25-12-17(18(22)13-25)14-6-3-2-4-7-14/h2-9,11,16-18,20H,10,12-13,22H2,1H3/t16?,17-,18+,20?/m0/s1. The van der Waals surface area contributed by atoms with Gasteiger partial charge in [0, 0.05) is 50.9 Å². The Hall–Kier alpha value is -2.73. The van der Waals surface area contributed by atoms with Crippen LogP contribution in [0.2, 0.25) is 0 Å². The molecule has 0 bridgehead atoms. The van der Waals surface area contributed by atoms with E-state index in [1.807, 2.05) is 35.2 Å². The number of carbonyl (C=O) groups is 2. The third kappa shape index (κ3) is 3.21. The molecule has 0 radical (unpaired) electrons. The lowest BCUT2D eigenvalue weighted by Crippen LogP contribution is -2.38. The van der Waals surface area contributed by atoms with Crippen molar-refractivity contribution in [3.05, 3.63) is 66.0 Å². The molecule has 6 nitrogen and oxygen atoms in total. The van der Waals surface area contributed by atoms with Crippen molar-refractivity contribution in [2.75, 3.05) is 20.1 Å². The van der Waals surface area contributed by atoms with E-state index in [2.05, 4.69) is 17.1 Å². The molecule has 2 aliphatic rings. The summed E-state index contributed by atoms with van der Waals surface area (Å²) < 4.78 is 0. The molecular weight excluding hydrogens is 340 g/mol. The van der Waals surface area contributed by atoms with Crippen molar-refractivity contribution in [1.82, 2.24) is 14.8 Å². The summed E-state index contributed by atoms with van der Waals surface area (Å²) in [6.45, 7) is 1.12. The van der Waals surface area contributed by atoms with Gasteiger partial charge in [0.15, 0.2) is 0 Å². The first-order valence-corrected chi connectivity index (χ1v) is 9.31. The van der Waals surface area contributed by atoms with Crippen LogP contribution < -0.4 is 5.73 Å². The fourth-order valence-electron chi connectivity index (χ4n) is 4.39. The van der Waals surface area contributed by atoms with Gasteiger partial charge in [-0.2, -0.15) is 0 Å². The van der Waals surface area contributed by atoms with Crippen molar-refractivity contribution in [2.24, 2.45) is 11.7 Å². The molecule has 0 saturated carbocycles. The fraction of sp³-hybridized carbons (Fsp3) is 0.381. The molecular formula is C21H24N4O2. The minimum Gasteiger partial charge on any atom is -0.340 e. The lowest BCUT2D eigenvalue weighted by Gasteiger charge is -2.27. The van der Waals surface area contributed by atoms with Crippen molar-refractivity contribution in [3.63, 3.8) is 0 Å². The number of amides is 2. The van der Waals surface area contributed by atoms with Crippen LogP contribution in [-0.2, 0) is 9.59 Å². The number of benzene rings is 1. The van der Waals surface area contributed by atoms with Gasteiger partial charge < -0.3 is 15.5 Å². The molecule has 1 aromatic heterocycles. The molecule has 1 aromatic carbocycles. The fourth-order valence-corrected chi connectivity index (χ4v) is 4.39. The molecule has 2 fully saturated rings. The Morgan fingerprint density at radius 3 is 2.56 bits per heavy atom. The molecule has 6 heteroatoms. The Labute approximate surface area is 159 Å². The van der Waals surface area contributed by atoms with Gasteiger partial charge >= 0.3 is 0 Å². The van der Waals surface area contributed by atoms with Gasteiger partial charge in [-0.3, -0.25) is 14.6 Å². The Kier molecular flexibility index (Phi) is 4.66. The van der Waals surface area contributed by atoms with Crippen LogP contribution in [0, 0.1) is 5.92 Å². The molecule has 2 unspecified atom stereocenters. The Morgan fingerprint density at radius 1 is 1.11 bits per heavy atom. The third-order valence-electron chi connectivity index (χ3n) is 5.83. The van der Waals surface area contributed by atoms with Crippen LogP contribution in [0.3, 0.4) is 0 Å². The predicted octanol–water partition coefficient (Wildman–Crippen LogP) is 1.55. The van der Waals surface area contributed by atoms with Gasteiger partial charge in [0.2, 0.25) is 11.8 Å². The van der Waals surface area contributed by atoms with Crippen molar-refractivity contribution in [2.45, 2.75) is 24.4 Å². The number of likely N-dealkylation sites (tertiary alicyclic amines) is 2. The lowest BCUT2D eigenvalue weighted by molar-refractivity contribution is -0.135. The van der Waals surface area contributed by atoms with Crippen LogP contribution in [-0.4, -0.2) is 52.8 Å². The molecule has 27 heavy (non-hydrogen) atoms. The normalized spacial score (nSPS) is 28.0. The summed E-state index contributed by atoms with van der Waals surface area (Å²) in [6, 6.07) is 13.5. The molecule has 140 valence electrons. The van der Waals surface area contributed by atoms with Gasteiger partial charge in [-0.15, -0.1) is 0 Å². The zero-order chi connectivity index (χ0) is 19.0. The summed E-state index contributed by atoms with van der Waals surface area (Å²) in [5.41, 5.74) is 8.41. The number of pyridine rings is 1. The molecule has 0 spiro atoms. The molecule has 4 rings (SSSR count). The maximum Gasteiger partial charge on any atom is 0.228 e. The van der Waals surface area contributed by atoms with Gasteiger partial charge in [-0.1, -0.05) is 36.4 Å². The maximum atomic E-state index is 13.3. The second-order valence-electron chi connectivity index (χ2n) is 7.47. The summed E-state index contributed by atoms with van der Waals surface area (Å²) in [6.07, 6.45) is 3.67. The summed E-state index contributed by atoms with van der Waals surface area (Å²) >= 11 is 0. The molecule has 4 atom stereocenters. The van der Waals surface area contributed by atoms with Crippen molar-refractivity contribution >= 4 is 11.8 Å². The first kappa shape index (κ1) is 17.7. The SMILES string of the molecule is CN1C(=O)CC(C(=O)N2C[C@@H](N)[C@H](c3ccccc3)C2)C1c1cccnc1. The number of nitrogens with zero attached hydrogens (tertiary/aromatic N) is 3. The summed E-state index contributed by atoms with van der Waals surface area (Å²) in [5.74, 6) is -0.268. The minimum atomic E-state index is -0.395. The van der Waals surface area contributed by atoms with E-state index < -0.39 is 5.92 Å². The van der Waals surface area contributed by atoms with E-state index in [9.17, 15) is 9.59 Å². The predicted molar refractivity (Wildman–Crippen MR) is 102 cm³/mol. The van der Waals surface area contributed by atoms with E-state index in [1.54, 1.807) is 24.3 Å². The van der Waals surface area contributed by atoms with Gasteiger partial charge in [-0.25, -0.2) is 0 Å². The van der Waals surface area contributed by atoms with Crippen LogP contribution in [0.25, 0.3) is 0 Å². The van der Waals surface area contributed by atoms with Crippen LogP contribution in [0.5, 0.6) is 0 Å². The number of carbonyl (C=O) groups excluding carboxylic acids is 2. The van der Waals surface area contributed by atoms with Crippen molar-refractivity contribution in [1.29, 1.82) is 0 Å². The average molecular weight is 364 g/mol. The highest BCUT2D eigenvalue weighted by Crippen LogP contribution is 2.39. The monoisotopic (exact) mass is 364 g/mol. The molecule has 2 amide bonds. The number of aromatic nitrogens is 1. The van der Waals surface area contributed by atoms with E-state index in [0.717, 1.165) is 11.1 Å². The van der Waals surface area contributed by atoms with E-state index in [-0.39, 0.29) is 36.2 Å². The number of nitrogens with two attached hydrogens (primary N) is 1. The molecule has 2 saturated heterocycles. The average Bonchev–Trinajstić information content (AvgIpc) is 3.23. The first-order valence-electron chi connectivity index (χ1n) is 9.31. The number of rotatable bonds is 3. The van der Waals surface area contributed by atoms with Gasteiger partial charge in [0.05, 0.1) is 12.0 Å². The number of hydrogen-bond acceptors (Lipinski definition) is 4. The highest BCUT2D eigenvalue weighted by Gasteiger charge is 2.46. The third-order valence-corrected chi connectivity index (χ3v) is 5.83. The lowest BCUT2D eigenvalue weighted by atomic mass is 9.93. The second-order valence-corrected chi connectivity index (χ2v) is 7.47. The van der Waals surface area contributed by atoms with E-state index in [0.29, 0.717) is 13.1 Å². The molecule has 2 aliphatic heterocycles. The summed E-state index contributed by atoms with van der Waals surface area (Å²) in [4.78, 5) is 33.3. The molecule has 3 heterocycles. The van der Waals surface area contributed by atoms with Gasteiger partial charge in [0.25, 0.3) is 0 Å². The van der Waals surface area contributed by atoms with Crippen LogP contribution in [0.15, 0.2) is 54.9 Å². The topological polar surface area (TPSA) is 79.5 Å². The minimum absolute atomic E-state index is 0.00897. The second kappa shape index (κ2) is 7.12. The van der Waals surface area contributed by atoms with Crippen LogP contribution in [0.1, 0.15) is 29.5 Å². The summed E-state index contributed by atoms with van der Waals surface area (Å²) in [7, 11) is 1.76. The molecule has 0 aliphatic carbocycles. The van der Waals surface area contributed by atoms with E-state index in [1.165, 1.54) is 0 Å². The summed E-state index contributed by atoms with van der Waals surface area (Å²) in [5, 5.41) is 0. The maximum absolute atomic E-state index is 13.3. The zero-order valence-electron chi connectivity index (χ0n) is 15.4. The quantitative estimate of drug-likeness (QED) is 0.896. The van der Waals surface area contributed by atoms with Crippen LogP contribution >= 0.6 is 0 Å².